The van der Waals surface area contributed by atoms with E-state index in [0.29, 0.717) is 28.6 Å². The number of nitrogens with one attached hydrogen (secondary N) is 1. The van der Waals surface area contributed by atoms with Crippen molar-refractivity contribution in [3.8, 4) is 11.5 Å². The van der Waals surface area contributed by atoms with Crippen molar-refractivity contribution in [2.75, 3.05) is 32.3 Å². The normalized spacial score (nSPS) is 23.4. The van der Waals surface area contributed by atoms with Crippen LogP contribution in [0.1, 0.15) is 5.56 Å². The first kappa shape index (κ1) is 20.6. The summed E-state index contributed by atoms with van der Waals surface area (Å²) in [5.41, 5.74) is 0.586. The van der Waals surface area contributed by atoms with E-state index in [2.05, 4.69) is 5.32 Å². The summed E-state index contributed by atoms with van der Waals surface area (Å²) in [4.78, 5) is 38.1. The average Bonchev–Trinajstić information content (AvgIpc) is 3.19. The van der Waals surface area contributed by atoms with Gasteiger partial charge in [-0.3, -0.25) is 19.3 Å². The predicted octanol–water partition coefficient (Wildman–Crippen LogP) is 1.33. The lowest BCUT2D eigenvalue weighted by atomic mass is 10.1. The zero-order valence-corrected chi connectivity index (χ0v) is 17.0. The van der Waals surface area contributed by atoms with E-state index in [-0.39, 0.29) is 17.5 Å². The number of aliphatic hydroxyl groups excluding tert-OH is 1. The third-order valence-electron chi connectivity index (χ3n) is 4.30. The lowest BCUT2D eigenvalue weighted by Gasteiger charge is -2.18. The monoisotopic (exact) mass is 424 g/mol. The maximum absolute atomic E-state index is 12.6. The second kappa shape index (κ2) is 8.89. The van der Waals surface area contributed by atoms with E-state index in [0.717, 1.165) is 16.7 Å². The quantitative estimate of drug-likeness (QED) is 0.659. The van der Waals surface area contributed by atoms with Crippen LogP contribution in [0.25, 0.3) is 6.08 Å². The summed E-state index contributed by atoms with van der Waals surface area (Å²) in [6.07, 6.45) is 0.922. The van der Waals surface area contributed by atoms with Crippen LogP contribution in [0.4, 0.5) is 4.79 Å². The van der Waals surface area contributed by atoms with Crippen molar-refractivity contribution in [1.82, 2.24) is 10.2 Å². The van der Waals surface area contributed by atoms with E-state index >= 15 is 0 Å². The fourth-order valence-corrected chi connectivity index (χ4v) is 4.81. The van der Waals surface area contributed by atoms with Crippen LogP contribution in [0, 0.1) is 0 Å². The molecular weight excluding hydrogens is 404 g/mol. The first-order valence-electron chi connectivity index (χ1n) is 8.45. The maximum atomic E-state index is 12.6. The molecule has 0 radical (unpaired) electrons. The second-order valence-electron chi connectivity index (χ2n) is 6.15. The van der Waals surface area contributed by atoms with Crippen molar-refractivity contribution in [2.45, 2.75) is 12.1 Å². The van der Waals surface area contributed by atoms with Crippen molar-refractivity contribution in [2.24, 2.45) is 0 Å². The molecule has 2 heterocycles. The van der Waals surface area contributed by atoms with Gasteiger partial charge >= 0.3 is 0 Å². The Kier molecular flexibility index (Phi) is 6.53. The van der Waals surface area contributed by atoms with Gasteiger partial charge in [-0.05, 0) is 36.0 Å². The second-order valence-corrected chi connectivity index (χ2v) is 8.22. The Bertz CT molecular complexity index is 828. The van der Waals surface area contributed by atoms with Crippen LogP contribution in [0.2, 0.25) is 0 Å². The molecule has 0 spiro atoms. The zero-order valence-electron chi connectivity index (χ0n) is 15.3. The Morgan fingerprint density at radius 1 is 1.32 bits per heavy atom. The molecule has 0 aromatic heterocycles. The lowest BCUT2D eigenvalue weighted by Crippen LogP contribution is -2.47. The maximum Gasteiger partial charge on any atom is 0.294 e. The first-order chi connectivity index (χ1) is 13.4. The van der Waals surface area contributed by atoms with Gasteiger partial charge in [0.1, 0.15) is 18.0 Å². The Morgan fingerprint density at radius 3 is 2.75 bits per heavy atom. The SMILES string of the molecule is COc1ccc(OC)c(C=C2SC(=O)N(CC(=O)N[C@@H]3CSC[C@@H]3O)C2=O)c1. The number of imide groups is 1. The van der Waals surface area contributed by atoms with E-state index in [1.54, 1.807) is 24.3 Å². The van der Waals surface area contributed by atoms with Crippen LogP contribution in [-0.4, -0.2) is 71.5 Å². The van der Waals surface area contributed by atoms with Gasteiger partial charge in [-0.2, -0.15) is 11.8 Å². The molecule has 0 saturated carbocycles. The van der Waals surface area contributed by atoms with Crippen LogP contribution < -0.4 is 14.8 Å². The summed E-state index contributed by atoms with van der Waals surface area (Å²) in [6, 6.07) is 4.75. The van der Waals surface area contributed by atoms with Gasteiger partial charge in [-0.15, -0.1) is 0 Å². The number of rotatable bonds is 6. The minimum Gasteiger partial charge on any atom is -0.497 e. The van der Waals surface area contributed by atoms with E-state index < -0.39 is 23.2 Å². The average molecular weight is 425 g/mol. The van der Waals surface area contributed by atoms with Gasteiger partial charge in [0, 0.05) is 17.1 Å². The van der Waals surface area contributed by atoms with Crippen molar-refractivity contribution >= 4 is 46.7 Å². The molecule has 2 fully saturated rings. The zero-order chi connectivity index (χ0) is 20.3. The molecule has 2 saturated heterocycles. The molecule has 2 atom stereocenters. The highest BCUT2D eigenvalue weighted by Gasteiger charge is 2.37. The fourth-order valence-electron chi connectivity index (χ4n) is 2.81. The number of carbonyl (C=O) groups is 3. The molecule has 1 aromatic carbocycles. The van der Waals surface area contributed by atoms with Gasteiger partial charge in [0.25, 0.3) is 11.1 Å². The summed E-state index contributed by atoms with van der Waals surface area (Å²) in [7, 11) is 3.03. The number of methoxy groups -OCH3 is 2. The van der Waals surface area contributed by atoms with Crippen LogP contribution in [-0.2, 0) is 9.59 Å². The van der Waals surface area contributed by atoms with Crippen molar-refractivity contribution < 1.29 is 29.0 Å². The number of nitrogens with zero attached hydrogens (tertiary/aromatic N) is 1. The smallest absolute Gasteiger partial charge is 0.294 e. The number of benzene rings is 1. The molecule has 0 unspecified atom stereocenters. The van der Waals surface area contributed by atoms with Crippen LogP contribution in [0.15, 0.2) is 23.1 Å². The number of ether oxygens (including phenoxy) is 2. The van der Waals surface area contributed by atoms with E-state index in [4.69, 9.17) is 9.47 Å². The van der Waals surface area contributed by atoms with E-state index in [9.17, 15) is 19.5 Å². The Hall–Kier alpha value is -2.17. The highest BCUT2D eigenvalue weighted by atomic mass is 32.2. The molecule has 0 bridgehead atoms. The van der Waals surface area contributed by atoms with Crippen molar-refractivity contribution in [3.05, 3.63) is 28.7 Å². The molecule has 28 heavy (non-hydrogen) atoms. The predicted molar refractivity (Wildman–Crippen MR) is 107 cm³/mol. The fraction of sp³-hybridized carbons (Fsp3) is 0.389. The molecule has 150 valence electrons. The number of amides is 3. The topological polar surface area (TPSA) is 105 Å². The number of hydrogen-bond acceptors (Lipinski definition) is 8. The van der Waals surface area contributed by atoms with Gasteiger partial charge in [0.2, 0.25) is 5.91 Å². The summed E-state index contributed by atoms with van der Waals surface area (Å²) in [5, 5.41) is 11.9. The number of aliphatic hydroxyl groups is 1. The third-order valence-corrected chi connectivity index (χ3v) is 6.38. The molecule has 0 aliphatic carbocycles. The molecular formula is C18H20N2O6S2. The van der Waals surface area contributed by atoms with Gasteiger partial charge < -0.3 is 19.9 Å². The van der Waals surface area contributed by atoms with Crippen LogP contribution >= 0.6 is 23.5 Å². The minimum atomic E-state index is -0.621. The summed E-state index contributed by atoms with van der Waals surface area (Å²) in [6.45, 7) is -0.384. The molecule has 10 heteroatoms. The molecule has 3 rings (SSSR count). The number of carbonyl (C=O) groups excluding carboxylic acids is 3. The number of hydrogen-bond donors (Lipinski definition) is 2. The molecule has 2 aliphatic heterocycles. The highest BCUT2D eigenvalue weighted by molar-refractivity contribution is 8.18. The standard InChI is InChI=1S/C18H20N2O6S2/c1-25-11-3-4-14(26-2)10(5-11)6-15-17(23)20(18(24)28-15)7-16(22)19-12-8-27-9-13(12)21/h3-6,12-13,21H,7-9H2,1-2H3,(H,19,22)/t12-,13+/m1/s1. The molecule has 3 amide bonds. The number of thioether (sulfide) groups is 2. The van der Waals surface area contributed by atoms with E-state index in [1.165, 1.54) is 26.0 Å². The Balaban J connectivity index is 1.73. The van der Waals surface area contributed by atoms with Gasteiger partial charge in [-0.25, -0.2) is 0 Å². The summed E-state index contributed by atoms with van der Waals surface area (Å²) in [5.74, 6) is 1.24. The Labute approximate surface area is 170 Å². The lowest BCUT2D eigenvalue weighted by molar-refractivity contribution is -0.129. The van der Waals surface area contributed by atoms with Crippen molar-refractivity contribution in [3.63, 3.8) is 0 Å². The minimum absolute atomic E-state index is 0.195. The summed E-state index contributed by atoms with van der Waals surface area (Å²) < 4.78 is 10.5. The van der Waals surface area contributed by atoms with Gasteiger partial charge in [0.05, 0.1) is 31.3 Å². The first-order valence-corrected chi connectivity index (χ1v) is 10.4. The van der Waals surface area contributed by atoms with Crippen molar-refractivity contribution in [1.29, 1.82) is 0 Å². The largest absolute Gasteiger partial charge is 0.497 e. The van der Waals surface area contributed by atoms with E-state index in [1.807, 2.05) is 0 Å². The molecule has 8 nitrogen and oxygen atoms in total. The molecule has 2 N–H and O–H groups in total. The third kappa shape index (κ3) is 4.45. The van der Waals surface area contributed by atoms with Gasteiger partial charge in [0.15, 0.2) is 0 Å². The molecule has 1 aromatic rings. The van der Waals surface area contributed by atoms with Crippen LogP contribution in [0.5, 0.6) is 11.5 Å². The van der Waals surface area contributed by atoms with Crippen LogP contribution in [0.3, 0.4) is 0 Å². The molecule has 2 aliphatic rings. The van der Waals surface area contributed by atoms with Gasteiger partial charge in [-0.1, -0.05) is 0 Å². The Morgan fingerprint density at radius 2 is 2.11 bits per heavy atom. The highest BCUT2D eigenvalue weighted by Crippen LogP contribution is 2.35. The summed E-state index contributed by atoms with van der Waals surface area (Å²) >= 11 is 2.30.